The van der Waals surface area contributed by atoms with Crippen molar-refractivity contribution in [3.63, 3.8) is 0 Å². The van der Waals surface area contributed by atoms with E-state index in [1.54, 1.807) is 6.92 Å². The minimum absolute atomic E-state index is 0.263. The second-order valence-corrected chi connectivity index (χ2v) is 4.44. The number of nitrogens with one attached hydrogen (secondary N) is 1. The first-order valence-electron chi connectivity index (χ1n) is 6.10. The summed E-state index contributed by atoms with van der Waals surface area (Å²) in [6, 6.07) is 1.20. The molecule has 0 fully saturated rings. The highest BCUT2D eigenvalue weighted by molar-refractivity contribution is 6.01. The van der Waals surface area contributed by atoms with E-state index in [9.17, 15) is 18.4 Å². The largest absolute Gasteiger partial charge is 0.478 e. The summed E-state index contributed by atoms with van der Waals surface area (Å²) in [6.07, 6.45) is 1.16. The van der Waals surface area contributed by atoms with Crippen LogP contribution in [-0.4, -0.2) is 23.5 Å². The second kappa shape index (κ2) is 6.95. The van der Waals surface area contributed by atoms with Gasteiger partial charge in [-0.25, -0.2) is 13.6 Å². The molecule has 0 aliphatic heterocycles. The number of carbonyl (C=O) groups excluding carboxylic acids is 1. The van der Waals surface area contributed by atoms with Crippen molar-refractivity contribution >= 4 is 17.6 Å². The van der Waals surface area contributed by atoms with E-state index >= 15 is 0 Å². The van der Waals surface area contributed by atoms with Crippen molar-refractivity contribution in [1.82, 2.24) is 0 Å². The monoisotopic (exact) mass is 286 g/mol. The van der Waals surface area contributed by atoms with Crippen molar-refractivity contribution in [2.45, 2.75) is 19.8 Å². The average Bonchev–Trinajstić information content (AvgIpc) is 2.39. The van der Waals surface area contributed by atoms with E-state index in [4.69, 9.17) is 10.8 Å². The van der Waals surface area contributed by atoms with Crippen molar-refractivity contribution in [2.75, 3.05) is 11.9 Å². The standard InChI is InChI=1S/C13H16F2N2O3/c1-7(3-2-4-16)12(18)17-11-6-10(15)9(14)5-8(11)13(19)20/h5-7H,2-4,16H2,1H3,(H,17,18)(H,19,20). The predicted octanol–water partition coefficient (Wildman–Crippen LogP) is 1.98. The quantitative estimate of drug-likeness (QED) is 0.745. The van der Waals surface area contributed by atoms with Crippen LogP contribution in [0.5, 0.6) is 0 Å². The first kappa shape index (κ1) is 16.0. The molecule has 0 saturated carbocycles. The molecule has 0 aliphatic carbocycles. The van der Waals surface area contributed by atoms with Crippen LogP contribution in [0.1, 0.15) is 30.1 Å². The van der Waals surface area contributed by atoms with Crippen LogP contribution in [0.2, 0.25) is 0 Å². The Labute approximate surface area is 114 Å². The summed E-state index contributed by atoms with van der Waals surface area (Å²) in [4.78, 5) is 22.8. The predicted molar refractivity (Wildman–Crippen MR) is 69.4 cm³/mol. The number of hydrogen-bond donors (Lipinski definition) is 3. The number of nitrogens with two attached hydrogens (primary N) is 1. The zero-order valence-corrected chi connectivity index (χ0v) is 11.0. The number of carboxylic acid groups (broad SMARTS) is 1. The van der Waals surface area contributed by atoms with Gasteiger partial charge in [-0.05, 0) is 25.5 Å². The molecule has 0 bridgehead atoms. The number of aromatic carboxylic acids is 1. The van der Waals surface area contributed by atoms with Crippen LogP contribution in [0.4, 0.5) is 14.5 Å². The highest BCUT2D eigenvalue weighted by atomic mass is 19.2. The maximum absolute atomic E-state index is 13.1. The molecule has 0 spiro atoms. The lowest BCUT2D eigenvalue weighted by Gasteiger charge is -2.13. The molecular weight excluding hydrogens is 270 g/mol. The number of halogens is 2. The molecule has 110 valence electrons. The Bertz CT molecular complexity index is 521. The number of rotatable bonds is 6. The van der Waals surface area contributed by atoms with Crippen molar-refractivity contribution in [2.24, 2.45) is 11.7 Å². The Balaban J connectivity index is 2.93. The van der Waals surface area contributed by atoms with Gasteiger partial charge in [-0.1, -0.05) is 6.92 Å². The zero-order valence-electron chi connectivity index (χ0n) is 11.0. The molecular formula is C13H16F2N2O3. The van der Waals surface area contributed by atoms with E-state index in [0.717, 1.165) is 0 Å². The van der Waals surface area contributed by atoms with Crippen LogP contribution in [0, 0.1) is 17.6 Å². The minimum Gasteiger partial charge on any atom is -0.478 e. The number of anilines is 1. The first-order chi connectivity index (χ1) is 9.36. The minimum atomic E-state index is -1.45. The van der Waals surface area contributed by atoms with E-state index in [2.05, 4.69) is 5.32 Å². The maximum atomic E-state index is 13.1. The molecule has 1 rings (SSSR count). The van der Waals surface area contributed by atoms with Gasteiger partial charge in [-0.3, -0.25) is 4.79 Å². The maximum Gasteiger partial charge on any atom is 0.337 e. The lowest BCUT2D eigenvalue weighted by atomic mass is 10.0. The average molecular weight is 286 g/mol. The van der Waals surface area contributed by atoms with E-state index in [0.29, 0.717) is 31.5 Å². The van der Waals surface area contributed by atoms with Crippen molar-refractivity contribution < 1.29 is 23.5 Å². The van der Waals surface area contributed by atoms with Crippen LogP contribution in [0.25, 0.3) is 0 Å². The van der Waals surface area contributed by atoms with Crippen LogP contribution < -0.4 is 11.1 Å². The van der Waals surface area contributed by atoms with Gasteiger partial charge in [0.05, 0.1) is 11.3 Å². The fraction of sp³-hybridized carbons (Fsp3) is 0.385. The Morgan fingerprint density at radius 3 is 2.50 bits per heavy atom. The molecule has 7 heteroatoms. The van der Waals surface area contributed by atoms with Gasteiger partial charge in [0, 0.05) is 12.0 Å². The topological polar surface area (TPSA) is 92.4 Å². The van der Waals surface area contributed by atoms with Crippen LogP contribution >= 0.6 is 0 Å². The number of carboxylic acids is 1. The Morgan fingerprint density at radius 1 is 1.35 bits per heavy atom. The summed E-state index contributed by atoms with van der Waals surface area (Å²) in [5.41, 5.74) is 4.57. The van der Waals surface area contributed by atoms with E-state index < -0.39 is 35.0 Å². The summed E-state index contributed by atoms with van der Waals surface area (Å²) >= 11 is 0. The van der Waals surface area contributed by atoms with Gasteiger partial charge in [-0.15, -0.1) is 0 Å². The normalized spacial score (nSPS) is 12.0. The summed E-state index contributed by atoms with van der Waals surface area (Å²) in [7, 11) is 0. The molecule has 20 heavy (non-hydrogen) atoms. The molecule has 0 radical (unpaired) electrons. The van der Waals surface area contributed by atoms with Gasteiger partial charge in [0.25, 0.3) is 0 Å². The van der Waals surface area contributed by atoms with E-state index in [1.807, 2.05) is 0 Å². The molecule has 0 saturated heterocycles. The van der Waals surface area contributed by atoms with E-state index in [1.165, 1.54) is 0 Å². The van der Waals surface area contributed by atoms with E-state index in [-0.39, 0.29) is 5.69 Å². The first-order valence-corrected chi connectivity index (χ1v) is 6.10. The summed E-state index contributed by atoms with van der Waals surface area (Å²) in [6.45, 7) is 2.08. The molecule has 1 aromatic carbocycles. The number of amides is 1. The molecule has 0 heterocycles. The Morgan fingerprint density at radius 2 is 1.95 bits per heavy atom. The SMILES string of the molecule is CC(CCCN)C(=O)Nc1cc(F)c(F)cc1C(=O)O. The van der Waals surface area contributed by atoms with Crippen LogP contribution in [-0.2, 0) is 4.79 Å². The Kier molecular flexibility index (Phi) is 5.57. The summed E-state index contributed by atoms with van der Waals surface area (Å²) < 4.78 is 26.2. The van der Waals surface area contributed by atoms with Gasteiger partial charge in [0.2, 0.25) is 5.91 Å². The smallest absolute Gasteiger partial charge is 0.337 e. The molecule has 0 aliphatic rings. The van der Waals surface area contributed by atoms with Crippen LogP contribution in [0.15, 0.2) is 12.1 Å². The van der Waals surface area contributed by atoms with Gasteiger partial charge in [-0.2, -0.15) is 0 Å². The fourth-order valence-electron chi connectivity index (χ4n) is 1.64. The molecule has 1 unspecified atom stereocenters. The molecule has 1 atom stereocenters. The van der Waals surface area contributed by atoms with Crippen molar-refractivity contribution in [1.29, 1.82) is 0 Å². The van der Waals surface area contributed by atoms with Gasteiger partial charge in [0.15, 0.2) is 11.6 Å². The molecule has 1 amide bonds. The van der Waals surface area contributed by atoms with Gasteiger partial charge in [0.1, 0.15) is 0 Å². The lowest BCUT2D eigenvalue weighted by Crippen LogP contribution is -2.22. The summed E-state index contributed by atoms with van der Waals surface area (Å²) in [5, 5.41) is 11.2. The molecule has 1 aromatic rings. The number of hydrogen-bond acceptors (Lipinski definition) is 3. The van der Waals surface area contributed by atoms with Gasteiger partial charge < -0.3 is 16.2 Å². The van der Waals surface area contributed by atoms with Crippen molar-refractivity contribution in [3.05, 3.63) is 29.3 Å². The third-order valence-corrected chi connectivity index (χ3v) is 2.84. The number of benzene rings is 1. The van der Waals surface area contributed by atoms with Gasteiger partial charge >= 0.3 is 5.97 Å². The molecule has 4 N–H and O–H groups in total. The third-order valence-electron chi connectivity index (χ3n) is 2.84. The highest BCUT2D eigenvalue weighted by Crippen LogP contribution is 2.21. The summed E-state index contributed by atoms with van der Waals surface area (Å²) in [5.74, 6) is -4.83. The fourth-order valence-corrected chi connectivity index (χ4v) is 1.64. The van der Waals surface area contributed by atoms with Crippen molar-refractivity contribution in [3.8, 4) is 0 Å². The molecule has 5 nitrogen and oxygen atoms in total. The molecule has 0 aromatic heterocycles. The zero-order chi connectivity index (χ0) is 15.3. The third kappa shape index (κ3) is 3.99. The Hall–Kier alpha value is -2.02. The second-order valence-electron chi connectivity index (χ2n) is 4.44. The van der Waals surface area contributed by atoms with Crippen LogP contribution in [0.3, 0.4) is 0 Å². The number of carbonyl (C=O) groups is 2. The lowest BCUT2D eigenvalue weighted by molar-refractivity contribution is -0.119. The highest BCUT2D eigenvalue weighted by Gasteiger charge is 2.19.